The number of nitrogens with zero attached hydrogens (tertiary/aromatic N) is 3. The molecule has 0 saturated carbocycles. The third kappa shape index (κ3) is 5.15. The largest absolute Gasteiger partial charge is 0.479 e. The third-order valence-electron chi connectivity index (χ3n) is 5.21. The Morgan fingerprint density at radius 3 is 2.34 bits per heavy atom. The number of aryl methyl sites for hydroxylation is 4. The highest BCUT2D eigenvalue weighted by molar-refractivity contribution is 8.14. The van der Waals surface area contributed by atoms with Gasteiger partial charge in [-0.1, -0.05) is 13.0 Å². The van der Waals surface area contributed by atoms with Crippen LogP contribution in [0.2, 0.25) is 0 Å². The highest BCUT2D eigenvalue weighted by atomic mass is 32.2. The van der Waals surface area contributed by atoms with Crippen LogP contribution in [-0.2, 0) is 6.42 Å². The lowest BCUT2D eigenvalue weighted by molar-refractivity contribution is 0.219. The number of hydrogen-bond donors (Lipinski definition) is 1. The number of aromatic nitrogens is 1. The molecule has 0 atom stereocenters. The zero-order valence-electron chi connectivity index (χ0n) is 17.9. The molecular weight excluding hydrogens is 384 g/mol. The summed E-state index contributed by atoms with van der Waals surface area (Å²) in [4.78, 5) is 21.4. The number of amides is 1. The number of methoxy groups -OCH3 is 1. The van der Waals surface area contributed by atoms with E-state index in [0.29, 0.717) is 19.0 Å². The van der Waals surface area contributed by atoms with Gasteiger partial charge in [-0.05, 0) is 62.1 Å². The van der Waals surface area contributed by atoms with E-state index in [2.05, 4.69) is 53.6 Å². The molecule has 2 heterocycles. The van der Waals surface area contributed by atoms with E-state index in [1.54, 1.807) is 7.11 Å². The van der Waals surface area contributed by atoms with Crippen molar-refractivity contribution >= 4 is 28.6 Å². The molecule has 1 aromatic heterocycles. The predicted octanol–water partition coefficient (Wildman–Crippen LogP) is 4.58. The fourth-order valence-electron chi connectivity index (χ4n) is 3.65. The van der Waals surface area contributed by atoms with Gasteiger partial charge in [0.2, 0.25) is 5.88 Å². The Labute approximate surface area is 177 Å². The van der Waals surface area contributed by atoms with Crippen LogP contribution < -0.4 is 14.4 Å². The summed E-state index contributed by atoms with van der Waals surface area (Å²) in [6, 6.07) is 8.62. The van der Waals surface area contributed by atoms with E-state index in [4.69, 9.17) is 4.74 Å². The lowest BCUT2D eigenvalue weighted by Crippen LogP contribution is -2.47. The van der Waals surface area contributed by atoms with Crippen LogP contribution in [0.5, 0.6) is 5.88 Å². The van der Waals surface area contributed by atoms with Crippen molar-refractivity contribution in [3.63, 3.8) is 0 Å². The lowest BCUT2D eigenvalue weighted by atomic mass is 10.1. The first-order valence-corrected chi connectivity index (χ1v) is 10.8. The Bertz CT molecular complexity index is 859. The van der Waals surface area contributed by atoms with E-state index in [1.165, 1.54) is 16.8 Å². The maximum absolute atomic E-state index is 12.7. The number of hydrogen-bond acceptors (Lipinski definition) is 6. The molecular formula is C22H30N4O2S. The maximum Gasteiger partial charge on any atom is 0.302 e. The SMILES string of the molecule is CCc1cc(NSC(=O)N2CCN(c3cc(C)cc(C)c3)CC2)c(OC)nc1C. The van der Waals surface area contributed by atoms with E-state index in [1.807, 2.05) is 17.9 Å². The van der Waals surface area contributed by atoms with Crippen molar-refractivity contribution in [2.45, 2.75) is 34.1 Å². The zero-order valence-corrected chi connectivity index (χ0v) is 18.7. The Kier molecular flexibility index (Phi) is 6.90. The maximum atomic E-state index is 12.7. The number of benzene rings is 1. The zero-order chi connectivity index (χ0) is 21.0. The van der Waals surface area contributed by atoms with Gasteiger partial charge in [0.05, 0.1) is 7.11 Å². The monoisotopic (exact) mass is 414 g/mol. The Morgan fingerprint density at radius 1 is 1.10 bits per heavy atom. The number of rotatable bonds is 5. The van der Waals surface area contributed by atoms with Crippen molar-refractivity contribution < 1.29 is 9.53 Å². The first-order chi connectivity index (χ1) is 13.9. The number of carbonyl (C=O) groups is 1. The van der Waals surface area contributed by atoms with Gasteiger partial charge in [-0.25, -0.2) is 4.98 Å². The minimum atomic E-state index is 0.0192. The number of piperazine rings is 1. The predicted molar refractivity (Wildman–Crippen MR) is 121 cm³/mol. The molecule has 0 spiro atoms. The summed E-state index contributed by atoms with van der Waals surface area (Å²) in [6.45, 7) is 11.4. The lowest BCUT2D eigenvalue weighted by Gasteiger charge is -2.36. The van der Waals surface area contributed by atoms with Gasteiger partial charge in [0.25, 0.3) is 0 Å². The number of pyridine rings is 1. The molecule has 3 rings (SSSR count). The Hall–Kier alpha value is -2.41. The molecule has 156 valence electrons. The number of ether oxygens (including phenoxy) is 1. The molecule has 1 aromatic carbocycles. The van der Waals surface area contributed by atoms with Gasteiger partial charge < -0.3 is 19.3 Å². The molecule has 0 bridgehead atoms. The van der Waals surface area contributed by atoms with Gasteiger partial charge in [-0.2, -0.15) is 0 Å². The van der Waals surface area contributed by atoms with Gasteiger partial charge in [-0.15, -0.1) is 0 Å². The molecule has 29 heavy (non-hydrogen) atoms. The van der Waals surface area contributed by atoms with E-state index in [0.717, 1.165) is 48.4 Å². The van der Waals surface area contributed by atoms with Gasteiger partial charge in [0.15, 0.2) is 0 Å². The van der Waals surface area contributed by atoms with Crippen molar-refractivity contribution in [1.29, 1.82) is 0 Å². The molecule has 0 unspecified atom stereocenters. The second-order valence-corrected chi connectivity index (χ2v) is 8.19. The first kappa shape index (κ1) is 21.3. The van der Waals surface area contributed by atoms with Crippen LogP contribution in [0.4, 0.5) is 16.2 Å². The van der Waals surface area contributed by atoms with Gasteiger partial charge in [-0.3, -0.25) is 4.79 Å². The Morgan fingerprint density at radius 2 is 1.76 bits per heavy atom. The fourth-order valence-corrected chi connectivity index (χ4v) is 4.31. The molecule has 1 aliphatic rings. The van der Waals surface area contributed by atoms with Gasteiger partial charge in [0.1, 0.15) is 5.69 Å². The van der Waals surface area contributed by atoms with Crippen molar-refractivity contribution in [3.8, 4) is 5.88 Å². The summed E-state index contributed by atoms with van der Waals surface area (Å²) >= 11 is 1.09. The minimum Gasteiger partial charge on any atom is -0.479 e. The molecule has 6 nitrogen and oxygen atoms in total. The molecule has 0 aliphatic carbocycles. The van der Waals surface area contributed by atoms with Crippen molar-refractivity contribution in [3.05, 3.63) is 46.6 Å². The minimum absolute atomic E-state index is 0.0192. The summed E-state index contributed by atoms with van der Waals surface area (Å²) in [5.41, 5.74) is 6.61. The number of nitrogens with one attached hydrogen (secondary N) is 1. The van der Waals surface area contributed by atoms with Crippen molar-refractivity contribution in [1.82, 2.24) is 9.88 Å². The summed E-state index contributed by atoms with van der Waals surface area (Å²) in [5.74, 6) is 0.514. The molecule has 1 fully saturated rings. The normalized spacial score (nSPS) is 14.1. The molecule has 1 amide bonds. The van der Waals surface area contributed by atoms with Crippen LogP contribution in [0.1, 0.15) is 29.3 Å². The second-order valence-electron chi connectivity index (χ2n) is 7.43. The number of anilines is 2. The molecule has 2 aromatic rings. The van der Waals surface area contributed by atoms with Crippen molar-refractivity contribution in [2.75, 3.05) is 42.9 Å². The van der Waals surface area contributed by atoms with Crippen LogP contribution in [0.3, 0.4) is 0 Å². The Balaban J connectivity index is 1.58. The quantitative estimate of drug-likeness (QED) is 0.723. The van der Waals surface area contributed by atoms with Crippen LogP contribution in [0, 0.1) is 20.8 Å². The highest BCUT2D eigenvalue weighted by Crippen LogP contribution is 2.28. The summed E-state index contributed by atoms with van der Waals surface area (Å²) < 4.78 is 8.51. The summed E-state index contributed by atoms with van der Waals surface area (Å²) in [5, 5.41) is 0.0192. The molecule has 7 heteroatoms. The third-order valence-corrected chi connectivity index (χ3v) is 5.97. The van der Waals surface area contributed by atoms with Crippen LogP contribution in [0.25, 0.3) is 0 Å². The molecule has 1 N–H and O–H groups in total. The van der Waals surface area contributed by atoms with Crippen LogP contribution >= 0.6 is 11.9 Å². The number of carbonyl (C=O) groups excluding carboxylic acids is 1. The van der Waals surface area contributed by atoms with Crippen LogP contribution in [-0.4, -0.2) is 48.4 Å². The molecule has 1 saturated heterocycles. The summed E-state index contributed by atoms with van der Waals surface area (Å²) in [7, 11) is 1.59. The standard InChI is InChI=1S/C22H30N4O2S/c1-6-18-14-20(21(28-5)23-17(18)4)24-29-22(27)26-9-7-25(8-10-26)19-12-15(2)11-16(3)13-19/h11-14,24H,6-10H2,1-5H3. The average molecular weight is 415 g/mol. The van der Waals surface area contributed by atoms with E-state index in [9.17, 15) is 4.79 Å². The smallest absolute Gasteiger partial charge is 0.302 e. The van der Waals surface area contributed by atoms with Crippen molar-refractivity contribution in [2.24, 2.45) is 0 Å². The first-order valence-electron chi connectivity index (χ1n) is 10.0. The fraction of sp³-hybridized carbons (Fsp3) is 0.455. The molecule has 0 radical (unpaired) electrons. The van der Waals surface area contributed by atoms with E-state index in [-0.39, 0.29) is 5.24 Å². The summed E-state index contributed by atoms with van der Waals surface area (Å²) in [6.07, 6.45) is 0.885. The van der Waals surface area contributed by atoms with Gasteiger partial charge in [0, 0.05) is 49.5 Å². The van der Waals surface area contributed by atoms with E-state index >= 15 is 0 Å². The van der Waals surface area contributed by atoms with E-state index < -0.39 is 0 Å². The van der Waals surface area contributed by atoms with Gasteiger partial charge >= 0.3 is 5.24 Å². The van der Waals surface area contributed by atoms with Crippen LogP contribution in [0.15, 0.2) is 24.3 Å². The highest BCUT2D eigenvalue weighted by Gasteiger charge is 2.22. The molecule has 1 aliphatic heterocycles. The average Bonchev–Trinajstić information content (AvgIpc) is 2.71. The second kappa shape index (κ2) is 9.39. The topological polar surface area (TPSA) is 57.7 Å².